The summed E-state index contributed by atoms with van der Waals surface area (Å²) < 4.78 is 28.0. The highest BCUT2D eigenvalue weighted by atomic mass is 19.1. The molecule has 0 aliphatic carbocycles. The zero-order valence-electron chi connectivity index (χ0n) is 15.8. The second-order valence-corrected chi connectivity index (χ2v) is 7.57. The lowest BCUT2D eigenvalue weighted by Gasteiger charge is -2.32. The number of benzene rings is 1. The molecule has 3 aliphatic rings. The molecule has 3 aliphatic heterocycles. The SMILES string of the molecule is CC(C)C(=O)NC1C=NN2C=CC(N3CCC[C@@H]3c3cc(F)ccc3F)=NC12. The zero-order chi connectivity index (χ0) is 19.8. The zero-order valence-corrected chi connectivity index (χ0v) is 15.8. The highest BCUT2D eigenvalue weighted by molar-refractivity contribution is 5.95. The van der Waals surface area contributed by atoms with Gasteiger partial charge in [0.25, 0.3) is 0 Å². The average molecular weight is 387 g/mol. The highest BCUT2D eigenvalue weighted by Gasteiger charge is 2.36. The lowest BCUT2D eigenvalue weighted by atomic mass is 10.0. The van der Waals surface area contributed by atoms with Crippen LogP contribution in [0.15, 0.2) is 40.6 Å². The van der Waals surface area contributed by atoms with Crippen LogP contribution in [-0.4, -0.2) is 46.6 Å². The maximum Gasteiger partial charge on any atom is 0.223 e. The Bertz CT molecular complexity index is 866. The third-order valence-electron chi connectivity index (χ3n) is 5.29. The Labute approximate surface area is 162 Å². The van der Waals surface area contributed by atoms with Crippen molar-refractivity contribution in [1.29, 1.82) is 0 Å². The summed E-state index contributed by atoms with van der Waals surface area (Å²) in [6.07, 6.45) is 6.53. The van der Waals surface area contributed by atoms with Gasteiger partial charge in [0.05, 0.1) is 12.3 Å². The van der Waals surface area contributed by atoms with Gasteiger partial charge in [-0.25, -0.2) is 18.8 Å². The molecule has 0 spiro atoms. The number of rotatable bonds is 3. The van der Waals surface area contributed by atoms with E-state index in [0.29, 0.717) is 17.9 Å². The third-order valence-corrected chi connectivity index (χ3v) is 5.29. The Hall–Kier alpha value is -2.77. The first-order valence-corrected chi connectivity index (χ1v) is 9.54. The molecule has 1 aromatic carbocycles. The van der Waals surface area contributed by atoms with Gasteiger partial charge in [-0.1, -0.05) is 13.8 Å². The van der Waals surface area contributed by atoms with Crippen LogP contribution in [0.1, 0.15) is 38.3 Å². The molecule has 0 radical (unpaired) electrons. The van der Waals surface area contributed by atoms with Crippen molar-refractivity contribution >= 4 is 18.0 Å². The van der Waals surface area contributed by atoms with E-state index in [4.69, 9.17) is 4.99 Å². The molecule has 1 fully saturated rings. The van der Waals surface area contributed by atoms with Crippen molar-refractivity contribution in [1.82, 2.24) is 15.2 Å². The van der Waals surface area contributed by atoms with E-state index < -0.39 is 11.6 Å². The van der Waals surface area contributed by atoms with Crippen LogP contribution < -0.4 is 5.32 Å². The minimum absolute atomic E-state index is 0.0644. The van der Waals surface area contributed by atoms with Crippen molar-refractivity contribution < 1.29 is 13.6 Å². The first-order valence-electron chi connectivity index (χ1n) is 9.54. The van der Waals surface area contributed by atoms with Crippen LogP contribution in [0.2, 0.25) is 0 Å². The molecular formula is C20H23F2N5O. The van der Waals surface area contributed by atoms with E-state index in [9.17, 15) is 13.6 Å². The topological polar surface area (TPSA) is 60.3 Å². The van der Waals surface area contributed by atoms with Gasteiger partial charge >= 0.3 is 0 Å². The summed E-state index contributed by atoms with van der Waals surface area (Å²) in [5, 5.41) is 8.93. The molecular weight excluding hydrogens is 364 g/mol. The molecule has 1 aromatic rings. The van der Waals surface area contributed by atoms with Crippen LogP contribution in [0.25, 0.3) is 0 Å². The van der Waals surface area contributed by atoms with E-state index in [1.165, 1.54) is 12.1 Å². The van der Waals surface area contributed by atoms with Crippen molar-refractivity contribution in [3.8, 4) is 0 Å². The van der Waals surface area contributed by atoms with Crippen molar-refractivity contribution in [3.63, 3.8) is 0 Å². The monoisotopic (exact) mass is 387 g/mol. The van der Waals surface area contributed by atoms with Crippen LogP contribution in [0.3, 0.4) is 0 Å². The first kappa shape index (κ1) is 18.6. The van der Waals surface area contributed by atoms with Crippen LogP contribution in [-0.2, 0) is 4.79 Å². The van der Waals surface area contributed by atoms with Gasteiger partial charge in [0.1, 0.15) is 23.5 Å². The fraction of sp³-hybridized carbons (Fsp3) is 0.450. The molecule has 0 saturated carbocycles. The number of hydrogen-bond acceptors (Lipinski definition) is 5. The standard InChI is InChI=1S/C20H23F2N5O/c1-12(2)20(28)24-16-11-23-27-9-7-18(25-19(16)27)26-8-3-4-17(26)14-10-13(21)5-6-15(14)22/h5-7,9-12,16-17,19H,3-4,8H2,1-2H3,(H,24,28)/t16?,17-,19?/m1/s1. The predicted molar refractivity (Wildman–Crippen MR) is 103 cm³/mol. The highest BCUT2D eigenvalue weighted by Crippen LogP contribution is 2.35. The van der Waals surface area contributed by atoms with Gasteiger partial charge in [0, 0.05) is 24.2 Å². The molecule has 8 heteroatoms. The Morgan fingerprint density at radius 1 is 1.32 bits per heavy atom. The second kappa shape index (κ2) is 7.33. The minimum Gasteiger partial charge on any atom is -0.350 e. The average Bonchev–Trinajstić information content (AvgIpc) is 3.30. The lowest BCUT2D eigenvalue weighted by molar-refractivity contribution is -0.124. The van der Waals surface area contributed by atoms with Crippen molar-refractivity contribution in [3.05, 3.63) is 47.7 Å². The Morgan fingerprint density at radius 2 is 2.14 bits per heavy atom. The van der Waals surface area contributed by atoms with Crippen molar-refractivity contribution in [2.24, 2.45) is 16.0 Å². The fourth-order valence-corrected chi connectivity index (χ4v) is 3.79. The quantitative estimate of drug-likeness (QED) is 0.868. The molecule has 6 nitrogen and oxygen atoms in total. The van der Waals surface area contributed by atoms with Gasteiger partial charge < -0.3 is 10.2 Å². The number of amides is 1. The number of hydrazone groups is 1. The van der Waals surface area contributed by atoms with E-state index >= 15 is 0 Å². The molecule has 3 atom stereocenters. The number of likely N-dealkylation sites (tertiary alicyclic amines) is 1. The summed E-state index contributed by atoms with van der Waals surface area (Å²) in [6, 6.07) is 2.97. The first-order chi connectivity index (χ1) is 13.4. The fourth-order valence-electron chi connectivity index (χ4n) is 3.79. The Morgan fingerprint density at radius 3 is 2.93 bits per heavy atom. The van der Waals surface area contributed by atoms with Gasteiger partial charge in [-0.15, -0.1) is 0 Å². The van der Waals surface area contributed by atoms with Crippen molar-refractivity contribution in [2.75, 3.05) is 6.54 Å². The third kappa shape index (κ3) is 3.39. The number of nitrogens with zero attached hydrogens (tertiary/aromatic N) is 4. The predicted octanol–water partition coefficient (Wildman–Crippen LogP) is 2.80. The Kier molecular flexibility index (Phi) is 4.87. The van der Waals surface area contributed by atoms with Crippen LogP contribution >= 0.6 is 0 Å². The van der Waals surface area contributed by atoms with Crippen LogP contribution in [0, 0.1) is 17.6 Å². The maximum atomic E-state index is 14.3. The minimum atomic E-state index is -0.448. The number of fused-ring (bicyclic) bond motifs is 1. The molecule has 4 rings (SSSR count). The van der Waals surface area contributed by atoms with E-state index in [0.717, 1.165) is 18.9 Å². The van der Waals surface area contributed by atoms with Gasteiger partial charge in [-0.05, 0) is 37.1 Å². The second-order valence-electron chi connectivity index (χ2n) is 7.57. The summed E-state index contributed by atoms with van der Waals surface area (Å²) in [7, 11) is 0. The summed E-state index contributed by atoms with van der Waals surface area (Å²) in [5.74, 6) is -0.362. The molecule has 28 heavy (non-hydrogen) atoms. The van der Waals surface area contributed by atoms with Crippen LogP contribution in [0.4, 0.5) is 8.78 Å². The molecule has 1 amide bonds. The summed E-state index contributed by atoms with van der Waals surface area (Å²) >= 11 is 0. The largest absolute Gasteiger partial charge is 0.350 e. The number of carbonyl (C=O) groups is 1. The number of hydrogen-bond donors (Lipinski definition) is 1. The van der Waals surface area contributed by atoms with Crippen LogP contribution in [0.5, 0.6) is 0 Å². The summed E-state index contributed by atoms with van der Waals surface area (Å²) in [5.41, 5.74) is 0.350. The summed E-state index contributed by atoms with van der Waals surface area (Å²) in [6.45, 7) is 4.37. The molecule has 148 valence electrons. The molecule has 1 N–H and O–H groups in total. The van der Waals surface area contributed by atoms with E-state index in [2.05, 4.69) is 10.4 Å². The molecule has 2 unspecified atom stereocenters. The molecule has 0 bridgehead atoms. The maximum absolute atomic E-state index is 14.3. The lowest BCUT2D eigenvalue weighted by Crippen LogP contribution is -2.48. The van der Waals surface area contributed by atoms with E-state index in [1.807, 2.05) is 31.0 Å². The van der Waals surface area contributed by atoms with Gasteiger partial charge in [-0.3, -0.25) is 4.79 Å². The Balaban J connectivity index is 1.57. The smallest absolute Gasteiger partial charge is 0.223 e. The van der Waals surface area contributed by atoms with Crippen molar-refractivity contribution in [2.45, 2.75) is 44.9 Å². The van der Waals surface area contributed by atoms with Gasteiger partial charge in [0.2, 0.25) is 5.91 Å². The van der Waals surface area contributed by atoms with E-state index in [-0.39, 0.29) is 30.1 Å². The normalized spacial score (nSPS) is 26.0. The van der Waals surface area contributed by atoms with Gasteiger partial charge in [-0.2, -0.15) is 5.10 Å². The molecule has 3 heterocycles. The number of carbonyl (C=O) groups excluding carboxylic acids is 1. The van der Waals surface area contributed by atoms with E-state index in [1.54, 1.807) is 11.2 Å². The number of aliphatic imine (C=N–C) groups is 1. The number of nitrogens with one attached hydrogen (secondary N) is 1. The summed E-state index contributed by atoms with van der Waals surface area (Å²) in [4.78, 5) is 18.9. The number of halogens is 2. The van der Waals surface area contributed by atoms with Gasteiger partial charge in [0.15, 0.2) is 6.17 Å². The molecule has 0 aromatic heterocycles. The number of amidine groups is 1. The molecule has 1 saturated heterocycles.